The number of hydrogen-bond acceptors (Lipinski definition) is 3. The summed E-state index contributed by atoms with van der Waals surface area (Å²) in [6.45, 7) is 0. The Morgan fingerprint density at radius 3 is 1.60 bits per heavy atom. The van der Waals surface area contributed by atoms with E-state index in [-0.39, 0.29) is 5.82 Å². The molecule has 0 heterocycles. The van der Waals surface area contributed by atoms with E-state index in [1.165, 1.54) is 0 Å². The summed E-state index contributed by atoms with van der Waals surface area (Å²) >= 11 is 0. The van der Waals surface area contributed by atoms with Gasteiger partial charge in [-0.3, -0.25) is 0 Å². The largest absolute Gasteiger partial charge is 0.394 e. The first-order valence-electron chi connectivity index (χ1n) is 1.12. The number of rotatable bonds is 0. The first-order valence-corrected chi connectivity index (χ1v) is 1.12. The highest BCUT2D eigenvalue weighted by Crippen LogP contribution is 1.47. The van der Waals surface area contributed by atoms with Crippen molar-refractivity contribution >= 4 is 0 Å². The van der Waals surface area contributed by atoms with E-state index >= 15 is 0 Å². The van der Waals surface area contributed by atoms with Crippen LogP contribution < -0.4 is 17.2 Å². The Kier molecular flexibility index (Phi) is 1.21. The third-order valence-corrected chi connectivity index (χ3v) is 0.167. The van der Waals surface area contributed by atoms with Crippen LogP contribution in [0.1, 0.15) is 0 Å². The zero-order chi connectivity index (χ0) is 4.28. The van der Waals surface area contributed by atoms with Crippen molar-refractivity contribution in [2.75, 3.05) is 0 Å². The van der Waals surface area contributed by atoms with Gasteiger partial charge in [-0.1, -0.05) is 0 Å². The van der Waals surface area contributed by atoms with Gasteiger partial charge in [-0.2, -0.15) is 0 Å². The van der Waals surface area contributed by atoms with Gasteiger partial charge in [0.15, 0.2) is 0 Å². The van der Waals surface area contributed by atoms with Crippen LogP contribution in [0, 0.1) is 6.20 Å². The molecule has 0 aliphatic carbocycles. The fourth-order valence-electron chi connectivity index (χ4n) is 0. The van der Waals surface area contributed by atoms with Crippen molar-refractivity contribution in [2.24, 2.45) is 17.2 Å². The maximum atomic E-state index is 4.75. The molecule has 0 atom stereocenters. The van der Waals surface area contributed by atoms with Gasteiger partial charge in [0.25, 0.3) is 0 Å². The molecule has 0 spiro atoms. The van der Waals surface area contributed by atoms with Crippen LogP contribution in [0.15, 0.2) is 5.82 Å². The average Bonchev–Trinajstić information content (AvgIpc) is 1.38. The summed E-state index contributed by atoms with van der Waals surface area (Å²) in [4.78, 5) is 0. The Labute approximate surface area is 30.4 Å². The molecule has 0 unspecified atom stereocenters. The van der Waals surface area contributed by atoms with Crippen molar-refractivity contribution < 1.29 is 0 Å². The third kappa shape index (κ3) is 3.14. The Bertz CT molecular complexity index is 42.9. The summed E-state index contributed by atoms with van der Waals surface area (Å²) in [6.07, 6.45) is 2.00. The molecular weight excluding hydrogens is 66.0 g/mol. The molecule has 0 fully saturated rings. The molecule has 0 aliphatic rings. The molecule has 5 heavy (non-hydrogen) atoms. The van der Waals surface area contributed by atoms with Gasteiger partial charge in [0.05, 0.1) is 6.20 Å². The maximum absolute atomic E-state index is 4.75. The van der Waals surface area contributed by atoms with E-state index in [1.807, 2.05) is 6.20 Å². The molecule has 0 saturated carbocycles. The second-order valence-corrected chi connectivity index (χ2v) is 0.600. The highest BCUT2D eigenvalue weighted by Gasteiger charge is 1.61. The minimum Gasteiger partial charge on any atom is -0.394 e. The van der Waals surface area contributed by atoms with E-state index in [0.717, 1.165) is 0 Å². The third-order valence-electron chi connectivity index (χ3n) is 0.167. The Morgan fingerprint density at radius 2 is 1.60 bits per heavy atom. The van der Waals surface area contributed by atoms with Gasteiger partial charge >= 0.3 is 0 Å². The molecule has 1 radical (unpaired) electrons. The quantitative estimate of drug-likeness (QED) is 0.303. The van der Waals surface area contributed by atoms with E-state index in [2.05, 4.69) is 5.73 Å². The predicted octanol–water partition coefficient (Wildman–Crippen LogP) is -1.54. The number of nitrogens with two attached hydrogens (primary N) is 3. The van der Waals surface area contributed by atoms with Crippen LogP contribution in [0.5, 0.6) is 0 Å². The lowest BCUT2D eigenvalue weighted by Crippen LogP contribution is -2.10. The standard InChI is InChI=1S/C2H6N3/c3-1-2(4)5/h3-5H2. The lowest BCUT2D eigenvalue weighted by atomic mass is 10.8. The molecule has 0 amide bonds. The van der Waals surface area contributed by atoms with Crippen molar-refractivity contribution in [3.05, 3.63) is 12.0 Å². The second kappa shape index (κ2) is 1.46. The van der Waals surface area contributed by atoms with Crippen LogP contribution in [0.25, 0.3) is 0 Å². The monoisotopic (exact) mass is 72.1 g/mol. The highest BCUT2D eigenvalue weighted by molar-refractivity contribution is 4.76. The fourth-order valence-corrected chi connectivity index (χ4v) is 0. The maximum Gasteiger partial charge on any atom is 0.119 e. The van der Waals surface area contributed by atoms with Gasteiger partial charge in [0, 0.05) is 0 Å². The molecule has 0 aliphatic heterocycles. The molecule has 0 bridgehead atoms. The van der Waals surface area contributed by atoms with Gasteiger partial charge in [-0.25, -0.2) is 0 Å². The topological polar surface area (TPSA) is 78.1 Å². The van der Waals surface area contributed by atoms with Crippen molar-refractivity contribution in [3.8, 4) is 0 Å². The zero-order valence-electron chi connectivity index (χ0n) is 2.73. The van der Waals surface area contributed by atoms with Crippen LogP contribution >= 0.6 is 0 Å². The highest BCUT2D eigenvalue weighted by atomic mass is 14.8. The molecule has 0 saturated heterocycles. The second-order valence-electron chi connectivity index (χ2n) is 0.600. The molecule has 3 nitrogen and oxygen atoms in total. The summed E-state index contributed by atoms with van der Waals surface area (Å²) in [5, 5.41) is 0. The number of hydrogen-bond donors (Lipinski definition) is 3. The minimum atomic E-state index is 0.0324. The van der Waals surface area contributed by atoms with Gasteiger partial charge in [-0.15, -0.1) is 0 Å². The average molecular weight is 72.1 g/mol. The molecular formula is C2H6N3. The van der Waals surface area contributed by atoms with Crippen LogP contribution in [-0.4, -0.2) is 0 Å². The summed E-state index contributed by atoms with van der Waals surface area (Å²) in [6, 6.07) is 0. The van der Waals surface area contributed by atoms with Crippen LogP contribution in [0.4, 0.5) is 0 Å². The van der Waals surface area contributed by atoms with E-state index < -0.39 is 0 Å². The van der Waals surface area contributed by atoms with E-state index in [4.69, 9.17) is 11.5 Å². The molecule has 0 aromatic heterocycles. The van der Waals surface area contributed by atoms with Crippen molar-refractivity contribution in [2.45, 2.75) is 0 Å². The first-order chi connectivity index (χ1) is 2.27. The Morgan fingerprint density at radius 1 is 1.40 bits per heavy atom. The molecule has 6 N–H and O–H groups in total. The lowest BCUT2D eigenvalue weighted by molar-refractivity contribution is 1.19. The molecule has 29 valence electrons. The summed E-state index contributed by atoms with van der Waals surface area (Å²) in [5.74, 6) is 0.0324. The minimum absolute atomic E-state index is 0.0324. The SMILES string of the molecule is N[C]=C(N)N. The molecule has 0 aromatic carbocycles. The first kappa shape index (κ1) is 4.14. The summed E-state index contributed by atoms with van der Waals surface area (Å²) < 4.78 is 0. The van der Waals surface area contributed by atoms with Crippen molar-refractivity contribution in [3.63, 3.8) is 0 Å². The van der Waals surface area contributed by atoms with Gasteiger partial charge in [-0.05, 0) is 0 Å². The van der Waals surface area contributed by atoms with Gasteiger partial charge < -0.3 is 17.2 Å². The summed E-state index contributed by atoms with van der Waals surface area (Å²) in [5.41, 5.74) is 14.1. The van der Waals surface area contributed by atoms with E-state index in [0.29, 0.717) is 0 Å². The van der Waals surface area contributed by atoms with Crippen LogP contribution in [0.2, 0.25) is 0 Å². The van der Waals surface area contributed by atoms with Crippen molar-refractivity contribution in [1.29, 1.82) is 0 Å². The Hall–Kier alpha value is -0.860. The summed E-state index contributed by atoms with van der Waals surface area (Å²) in [7, 11) is 0. The zero-order valence-corrected chi connectivity index (χ0v) is 2.73. The molecule has 0 rings (SSSR count). The van der Waals surface area contributed by atoms with E-state index in [9.17, 15) is 0 Å². The predicted molar refractivity (Wildman–Crippen MR) is 19.3 cm³/mol. The fraction of sp³-hybridized carbons (Fsp3) is 0. The smallest absolute Gasteiger partial charge is 0.119 e. The van der Waals surface area contributed by atoms with Gasteiger partial charge in [0.1, 0.15) is 5.82 Å². The van der Waals surface area contributed by atoms with Gasteiger partial charge in [0.2, 0.25) is 0 Å². The van der Waals surface area contributed by atoms with Crippen LogP contribution in [0.3, 0.4) is 0 Å². The van der Waals surface area contributed by atoms with Crippen molar-refractivity contribution in [1.82, 2.24) is 0 Å². The molecule has 3 heteroatoms. The van der Waals surface area contributed by atoms with E-state index in [1.54, 1.807) is 0 Å². The lowest BCUT2D eigenvalue weighted by Gasteiger charge is -1.77. The molecule has 0 aromatic rings. The normalized spacial score (nSPS) is 6.40. The van der Waals surface area contributed by atoms with Crippen LogP contribution in [-0.2, 0) is 0 Å². The Balaban J connectivity index is 3.14.